The van der Waals surface area contributed by atoms with Crippen molar-refractivity contribution in [2.45, 2.75) is 19.1 Å². The van der Waals surface area contributed by atoms with Gasteiger partial charge in [0.1, 0.15) is 11.3 Å². The Morgan fingerprint density at radius 2 is 2.04 bits per heavy atom. The minimum atomic E-state index is -0.226. The number of benzene rings is 2. The molecule has 0 saturated carbocycles. The monoisotopic (exact) mass is 383 g/mol. The van der Waals surface area contributed by atoms with Crippen LogP contribution >= 0.6 is 11.8 Å². The molecule has 0 saturated heterocycles. The Hall–Kier alpha value is -2.80. The van der Waals surface area contributed by atoms with E-state index in [4.69, 9.17) is 9.15 Å². The molecule has 1 aromatic heterocycles. The molecule has 0 aliphatic rings. The standard InChI is InChI=1S/C20H21N3O3S/c1-14(2)12-25-16-9-7-15(8-10-16)11-21-23-19(24)13-27-20-22-17-5-3-4-6-18(17)26-20/h3-11,14H,12-13H2,1-2H3,(H,23,24)/b21-11-. The quantitative estimate of drug-likeness (QED) is 0.360. The average Bonchev–Trinajstić information content (AvgIpc) is 3.09. The first-order chi connectivity index (χ1) is 13.1. The van der Waals surface area contributed by atoms with Gasteiger partial charge in [-0.25, -0.2) is 10.4 Å². The fourth-order valence-electron chi connectivity index (χ4n) is 2.16. The molecule has 0 fully saturated rings. The average molecular weight is 383 g/mol. The van der Waals surface area contributed by atoms with Crippen molar-refractivity contribution in [3.63, 3.8) is 0 Å². The maximum Gasteiger partial charge on any atom is 0.257 e. The summed E-state index contributed by atoms with van der Waals surface area (Å²) in [6.45, 7) is 4.89. The number of thioether (sulfide) groups is 1. The van der Waals surface area contributed by atoms with Gasteiger partial charge in [0.05, 0.1) is 18.6 Å². The maximum absolute atomic E-state index is 11.9. The van der Waals surface area contributed by atoms with Gasteiger partial charge >= 0.3 is 0 Å². The van der Waals surface area contributed by atoms with E-state index in [1.807, 2.05) is 48.5 Å². The summed E-state index contributed by atoms with van der Waals surface area (Å²) in [6, 6.07) is 15.0. The van der Waals surface area contributed by atoms with Crippen molar-refractivity contribution in [1.29, 1.82) is 0 Å². The summed E-state index contributed by atoms with van der Waals surface area (Å²) < 4.78 is 11.2. The lowest BCUT2D eigenvalue weighted by Crippen LogP contribution is -2.19. The number of ether oxygens (including phenoxy) is 1. The van der Waals surface area contributed by atoms with Crippen LogP contribution in [0.15, 0.2) is 63.3 Å². The number of oxazole rings is 1. The molecule has 0 bridgehead atoms. The summed E-state index contributed by atoms with van der Waals surface area (Å²) >= 11 is 1.23. The van der Waals surface area contributed by atoms with E-state index in [2.05, 4.69) is 29.4 Å². The molecule has 1 N–H and O–H groups in total. The van der Waals surface area contributed by atoms with Crippen molar-refractivity contribution in [2.24, 2.45) is 11.0 Å². The third-order valence-corrected chi connectivity index (χ3v) is 4.30. The number of nitrogens with one attached hydrogen (secondary N) is 1. The summed E-state index contributed by atoms with van der Waals surface area (Å²) in [5.41, 5.74) is 4.86. The Kier molecular flexibility index (Phi) is 6.49. The fraction of sp³-hybridized carbons (Fsp3) is 0.250. The van der Waals surface area contributed by atoms with Gasteiger partial charge in [0.15, 0.2) is 5.58 Å². The number of carbonyl (C=O) groups excluding carboxylic acids is 1. The van der Waals surface area contributed by atoms with Gasteiger partial charge in [-0.05, 0) is 47.9 Å². The van der Waals surface area contributed by atoms with E-state index in [-0.39, 0.29) is 11.7 Å². The van der Waals surface area contributed by atoms with Crippen LogP contribution in [0.5, 0.6) is 5.75 Å². The van der Waals surface area contributed by atoms with Crippen LogP contribution in [0, 0.1) is 5.92 Å². The Bertz CT molecular complexity index is 887. The summed E-state index contributed by atoms with van der Waals surface area (Å²) in [7, 11) is 0. The molecule has 0 atom stereocenters. The van der Waals surface area contributed by atoms with E-state index >= 15 is 0 Å². The number of rotatable bonds is 8. The minimum absolute atomic E-state index is 0.173. The summed E-state index contributed by atoms with van der Waals surface area (Å²) in [4.78, 5) is 16.2. The number of hydrogen-bond acceptors (Lipinski definition) is 6. The normalized spacial score (nSPS) is 11.4. The minimum Gasteiger partial charge on any atom is -0.493 e. The molecule has 0 aliphatic heterocycles. The van der Waals surface area contributed by atoms with E-state index in [0.29, 0.717) is 23.3 Å². The Balaban J connectivity index is 1.44. The lowest BCUT2D eigenvalue weighted by atomic mass is 10.2. The van der Waals surface area contributed by atoms with Gasteiger partial charge < -0.3 is 9.15 Å². The molecule has 1 amide bonds. The van der Waals surface area contributed by atoms with Crippen molar-refractivity contribution < 1.29 is 13.9 Å². The lowest BCUT2D eigenvalue weighted by molar-refractivity contribution is -0.118. The smallest absolute Gasteiger partial charge is 0.257 e. The van der Waals surface area contributed by atoms with Crippen molar-refractivity contribution in [3.8, 4) is 5.75 Å². The second kappa shape index (κ2) is 9.23. The number of hydrazone groups is 1. The predicted molar refractivity (Wildman–Crippen MR) is 107 cm³/mol. The SMILES string of the molecule is CC(C)COc1ccc(/C=N\NC(=O)CSc2nc3ccccc3o2)cc1. The Labute approximate surface area is 162 Å². The number of hydrogen-bond donors (Lipinski definition) is 1. The van der Waals surface area contributed by atoms with E-state index in [0.717, 1.165) is 16.8 Å². The molecule has 140 valence electrons. The third kappa shape index (κ3) is 5.86. The molecule has 0 unspecified atom stereocenters. The molecule has 3 aromatic rings. The summed E-state index contributed by atoms with van der Waals surface area (Å²) in [5, 5.41) is 4.44. The van der Waals surface area contributed by atoms with Crippen LogP contribution in [0.2, 0.25) is 0 Å². The fourth-order valence-corrected chi connectivity index (χ4v) is 2.79. The Morgan fingerprint density at radius 3 is 2.78 bits per heavy atom. The number of fused-ring (bicyclic) bond motifs is 1. The molecule has 7 heteroatoms. The zero-order chi connectivity index (χ0) is 19.1. The van der Waals surface area contributed by atoms with Gasteiger partial charge in [-0.2, -0.15) is 5.10 Å². The molecular formula is C20H21N3O3S. The highest BCUT2D eigenvalue weighted by Gasteiger charge is 2.08. The van der Waals surface area contributed by atoms with Crippen LogP contribution in [0.1, 0.15) is 19.4 Å². The van der Waals surface area contributed by atoms with Crippen LogP contribution < -0.4 is 10.2 Å². The van der Waals surface area contributed by atoms with Crippen molar-refractivity contribution >= 4 is 35.0 Å². The highest BCUT2D eigenvalue weighted by atomic mass is 32.2. The van der Waals surface area contributed by atoms with Gasteiger partial charge in [-0.15, -0.1) is 0 Å². The van der Waals surface area contributed by atoms with Gasteiger partial charge in [0.25, 0.3) is 11.1 Å². The number of para-hydroxylation sites is 2. The van der Waals surface area contributed by atoms with Crippen LogP contribution in [-0.4, -0.2) is 29.5 Å². The van der Waals surface area contributed by atoms with E-state index in [9.17, 15) is 4.79 Å². The van der Waals surface area contributed by atoms with Gasteiger partial charge in [-0.1, -0.05) is 37.7 Å². The summed E-state index contributed by atoms with van der Waals surface area (Å²) in [6.07, 6.45) is 1.59. The van der Waals surface area contributed by atoms with Crippen molar-refractivity contribution in [1.82, 2.24) is 10.4 Å². The van der Waals surface area contributed by atoms with Gasteiger partial charge in [0, 0.05) is 0 Å². The Morgan fingerprint density at radius 1 is 1.26 bits per heavy atom. The first-order valence-electron chi connectivity index (χ1n) is 8.63. The molecule has 2 aromatic carbocycles. The molecule has 27 heavy (non-hydrogen) atoms. The molecular weight excluding hydrogens is 362 g/mol. The largest absolute Gasteiger partial charge is 0.493 e. The topological polar surface area (TPSA) is 76.7 Å². The molecule has 1 heterocycles. The van der Waals surface area contributed by atoms with Crippen LogP contribution in [0.25, 0.3) is 11.1 Å². The highest BCUT2D eigenvalue weighted by molar-refractivity contribution is 7.99. The maximum atomic E-state index is 11.9. The number of amides is 1. The van der Waals surface area contributed by atoms with Crippen molar-refractivity contribution in [3.05, 3.63) is 54.1 Å². The second-order valence-corrected chi connectivity index (χ2v) is 7.23. The zero-order valence-corrected chi connectivity index (χ0v) is 16.0. The predicted octanol–water partition coefficient (Wildman–Crippen LogP) is 4.11. The molecule has 3 rings (SSSR count). The van der Waals surface area contributed by atoms with Gasteiger partial charge in [0.2, 0.25) is 0 Å². The van der Waals surface area contributed by atoms with Crippen LogP contribution in [0.3, 0.4) is 0 Å². The molecule has 6 nitrogen and oxygen atoms in total. The van der Waals surface area contributed by atoms with Crippen LogP contribution in [-0.2, 0) is 4.79 Å². The summed E-state index contributed by atoms with van der Waals surface area (Å²) in [5.74, 6) is 1.25. The number of aromatic nitrogens is 1. The van der Waals surface area contributed by atoms with E-state index < -0.39 is 0 Å². The van der Waals surface area contributed by atoms with E-state index in [1.54, 1.807) is 6.21 Å². The second-order valence-electron chi connectivity index (χ2n) is 6.30. The first kappa shape index (κ1) is 19.0. The zero-order valence-electron chi connectivity index (χ0n) is 15.2. The molecule has 0 radical (unpaired) electrons. The number of nitrogens with zero attached hydrogens (tertiary/aromatic N) is 2. The van der Waals surface area contributed by atoms with Gasteiger partial charge in [-0.3, -0.25) is 4.79 Å². The lowest BCUT2D eigenvalue weighted by Gasteiger charge is -2.08. The molecule has 0 spiro atoms. The third-order valence-electron chi connectivity index (χ3n) is 3.47. The first-order valence-corrected chi connectivity index (χ1v) is 9.62. The van der Waals surface area contributed by atoms with Crippen LogP contribution in [0.4, 0.5) is 0 Å². The van der Waals surface area contributed by atoms with E-state index in [1.165, 1.54) is 11.8 Å². The number of carbonyl (C=O) groups is 1. The highest BCUT2D eigenvalue weighted by Crippen LogP contribution is 2.22. The molecule has 0 aliphatic carbocycles. The van der Waals surface area contributed by atoms with Crippen molar-refractivity contribution in [2.75, 3.05) is 12.4 Å².